The number of likely N-dealkylation sites (tertiary alicyclic amines) is 1. The van der Waals surface area contributed by atoms with Crippen molar-refractivity contribution in [3.8, 4) is 0 Å². The van der Waals surface area contributed by atoms with Gasteiger partial charge in [0.05, 0.1) is 0 Å². The molecule has 1 aliphatic rings. The number of aliphatic hydroxyl groups excluding tert-OH is 1. The second kappa shape index (κ2) is 4.35. The van der Waals surface area contributed by atoms with Crippen LogP contribution in [0.5, 0.6) is 0 Å². The molecule has 0 bridgehead atoms. The van der Waals surface area contributed by atoms with Crippen LogP contribution in [0.2, 0.25) is 0 Å². The molecule has 3 nitrogen and oxygen atoms in total. The Labute approximate surface area is 92.0 Å². The highest BCUT2D eigenvalue weighted by Gasteiger charge is 2.62. The molecule has 1 saturated heterocycles. The predicted molar refractivity (Wildman–Crippen MR) is 42.8 cm³/mol. The Morgan fingerprint density at radius 1 is 1.24 bits per heavy atom. The number of amides is 1. The first-order chi connectivity index (χ1) is 7.57. The fourth-order valence-electron chi connectivity index (χ4n) is 1.72. The highest BCUT2D eigenvalue weighted by Crippen LogP contribution is 2.39. The zero-order chi connectivity index (χ0) is 13.4. The van der Waals surface area contributed by atoms with Crippen molar-refractivity contribution in [2.24, 2.45) is 5.92 Å². The first kappa shape index (κ1) is 14.1. The third kappa shape index (κ3) is 3.02. The van der Waals surface area contributed by atoms with Crippen molar-refractivity contribution in [1.82, 2.24) is 4.90 Å². The van der Waals surface area contributed by atoms with E-state index in [1.807, 2.05) is 0 Å². The van der Waals surface area contributed by atoms with Crippen molar-refractivity contribution >= 4 is 5.91 Å². The number of carbonyl (C=O) groups excluding carboxylic acids is 1. The molecule has 1 atom stereocenters. The second-order valence-corrected chi connectivity index (χ2v) is 3.78. The number of aliphatic hydroxyl groups is 1. The van der Waals surface area contributed by atoms with E-state index >= 15 is 0 Å². The number of hydrogen-bond donors (Lipinski definition) is 1. The van der Waals surface area contributed by atoms with E-state index in [0.29, 0.717) is 0 Å². The van der Waals surface area contributed by atoms with Gasteiger partial charge in [-0.1, -0.05) is 0 Å². The van der Waals surface area contributed by atoms with Gasteiger partial charge < -0.3 is 10.0 Å². The first-order valence-electron chi connectivity index (χ1n) is 4.61. The van der Waals surface area contributed by atoms with E-state index in [4.69, 9.17) is 5.11 Å². The van der Waals surface area contributed by atoms with Gasteiger partial charge in [0.15, 0.2) is 0 Å². The number of hydrogen-bond acceptors (Lipinski definition) is 2. The number of alkyl halides is 6. The zero-order valence-corrected chi connectivity index (χ0v) is 8.35. The summed E-state index contributed by atoms with van der Waals surface area (Å²) in [5, 5.41) is 8.65. The van der Waals surface area contributed by atoms with Crippen LogP contribution < -0.4 is 0 Å². The molecule has 1 aliphatic heterocycles. The minimum absolute atomic E-state index is 0.263. The predicted octanol–water partition coefficient (Wildman–Crippen LogP) is 1.32. The van der Waals surface area contributed by atoms with Crippen LogP contribution in [-0.2, 0) is 4.79 Å². The topological polar surface area (TPSA) is 40.5 Å². The lowest BCUT2D eigenvalue weighted by Gasteiger charge is -2.31. The normalized spacial score (nSPS) is 22.7. The molecule has 1 fully saturated rings. The summed E-state index contributed by atoms with van der Waals surface area (Å²) in [6.45, 7) is -1.36. The van der Waals surface area contributed by atoms with Gasteiger partial charge in [0.25, 0.3) is 0 Å². The summed E-state index contributed by atoms with van der Waals surface area (Å²) in [6.07, 6.45) is -11.6. The maximum Gasteiger partial charge on any atom is 0.417 e. The maximum absolute atomic E-state index is 12.3. The Morgan fingerprint density at radius 2 is 1.71 bits per heavy atom. The largest absolute Gasteiger partial charge is 0.417 e. The van der Waals surface area contributed by atoms with E-state index in [9.17, 15) is 31.1 Å². The molecule has 1 heterocycles. The van der Waals surface area contributed by atoms with E-state index in [-0.39, 0.29) is 4.90 Å². The Morgan fingerprint density at radius 3 is 2.00 bits per heavy atom. The highest BCUT2D eigenvalue weighted by molar-refractivity contribution is 5.79. The molecule has 9 heteroatoms. The molecule has 1 amide bonds. The van der Waals surface area contributed by atoms with Gasteiger partial charge in [-0.15, -0.1) is 0 Å². The molecule has 0 aliphatic carbocycles. The number of rotatable bonds is 2. The number of nitrogens with zero attached hydrogens (tertiary/aromatic N) is 1. The Bertz CT molecular complexity index is 285. The summed E-state index contributed by atoms with van der Waals surface area (Å²) < 4.78 is 73.8. The molecule has 1 unspecified atom stereocenters. The van der Waals surface area contributed by atoms with Crippen molar-refractivity contribution in [2.75, 3.05) is 13.2 Å². The molecule has 1 N–H and O–H groups in total. The quantitative estimate of drug-likeness (QED) is 0.765. The summed E-state index contributed by atoms with van der Waals surface area (Å²) in [5.41, 5.74) is 0. The fourth-order valence-corrected chi connectivity index (χ4v) is 1.72. The molecule has 0 aromatic carbocycles. The van der Waals surface area contributed by atoms with Crippen LogP contribution >= 0.6 is 0 Å². The lowest BCUT2D eigenvalue weighted by atomic mass is 10.1. The molecule has 0 aromatic heterocycles. The molecule has 100 valence electrons. The van der Waals surface area contributed by atoms with E-state index in [2.05, 4.69) is 0 Å². The standard InChI is InChI=1S/C8H9F6NO2/c9-7(10,11)6(8(12,13)14)15-2-4(3-16)1-5(15)17/h4,6,16H,1-3H2. The minimum atomic E-state index is -5.57. The Kier molecular flexibility index (Phi) is 3.60. The van der Waals surface area contributed by atoms with E-state index < -0.39 is 49.8 Å². The lowest BCUT2D eigenvalue weighted by Crippen LogP contribution is -2.55. The molecule has 0 radical (unpaired) electrons. The van der Waals surface area contributed by atoms with Gasteiger partial charge in [-0.2, -0.15) is 26.3 Å². The van der Waals surface area contributed by atoms with Crippen molar-refractivity contribution in [2.45, 2.75) is 24.8 Å². The van der Waals surface area contributed by atoms with Gasteiger partial charge in [-0.3, -0.25) is 4.79 Å². The average Bonchev–Trinajstić information content (AvgIpc) is 2.42. The summed E-state index contributed by atoms with van der Waals surface area (Å²) in [4.78, 5) is 10.8. The van der Waals surface area contributed by atoms with Crippen molar-refractivity contribution in [3.63, 3.8) is 0 Å². The summed E-state index contributed by atoms with van der Waals surface area (Å²) in [6, 6.07) is -3.79. The van der Waals surface area contributed by atoms with Crippen molar-refractivity contribution in [3.05, 3.63) is 0 Å². The van der Waals surface area contributed by atoms with Crippen LogP contribution in [-0.4, -0.2) is 47.5 Å². The van der Waals surface area contributed by atoms with Crippen molar-refractivity contribution in [1.29, 1.82) is 0 Å². The maximum atomic E-state index is 12.3. The first-order valence-corrected chi connectivity index (χ1v) is 4.61. The molecular weight excluding hydrogens is 256 g/mol. The van der Waals surface area contributed by atoms with Crippen LogP contribution in [0.15, 0.2) is 0 Å². The monoisotopic (exact) mass is 265 g/mol. The molecular formula is C8H9F6NO2. The van der Waals surface area contributed by atoms with Gasteiger partial charge >= 0.3 is 12.4 Å². The second-order valence-electron chi connectivity index (χ2n) is 3.78. The van der Waals surface area contributed by atoms with Crippen molar-refractivity contribution < 1.29 is 36.2 Å². The Balaban J connectivity index is 2.97. The van der Waals surface area contributed by atoms with Gasteiger partial charge in [0.1, 0.15) is 0 Å². The Hall–Kier alpha value is -0.990. The SMILES string of the molecule is O=C1CC(CO)CN1C(C(F)(F)F)C(F)(F)F. The van der Waals surface area contributed by atoms with E-state index in [1.54, 1.807) is 0 Å². The average molecular weight is 265 g/mol. The van der Waals surface area contributed by atoms with Gasteiger partial charge in [0, 0.05) is 25.5 Å². The molecule has 1 rings (SSSR count). The third-order valence-corrected chi connectivity index (χ3v) is 2.43. The van der Waals surface area contributed by atoms with Crippen LogP contribution in [0.1, 0.15) is 6.42 Å². The van der Waals surface area contributed by atoms with E-state index in [1.165, 1.54) is 0 Å². The van der Waals surface area contributed by atoms with Gasteiger partial charge in [0.2, 0.25) is 11.9 Å². The number of carbonyl (C=O) groups is 1. The van der Waals surface area contributed by atoms with Gasteiger partial charge in [-0.05, 0) is 0 Å². The smallest absolute Gasteiger partial charge is 0.396 e. The van der Waals surface area contributed by atoms with E-state index in [0.717, 1.165) is 0 Å². The van der Waals surface area contributed by atoms with Crippen LogP contribution in [0, 0.1) is 5.92 Å². The fraction of sp³-hybridized carbons (Fsp3) is 0.875. The minimum Gasteiger partial charge on any atom is -0.396 e. The summed E-state index contributed by atoms with van der Waals surface area (Å²) in [7, 11) is 0. The van der Waals surface area contributed by atoms with Crippen LogP contribution in [0.25, 0.3) is 0 Å². The zero-order valence-electron chi connectivity index (χ0n) is 8.35. The summed E-state index contributed by atoms with van der Waals surface area (Å²) >= 11 is 0. The third-order valence-electron chi connectivity index (χ3n) is 2.43. The molecule has 0 aromatic rings. The summed E-state index contributed by atoms with van der Waals surface area (Å²) in [5.74, 6) is -2.13. The molecule has 0 saturated carbocycles. The van der Waals surface area contributed by atoms with Crippen LogP contribution in [0.3, 0.4) is 0 Å². The van der Waals surface area contributed by atoms with Gasteiger partial charge in [-0.25, -0.2) is 0 Å². The molecule has 0 spiro atoms. The molecule has 17 heavy (non-hydrogen) atoms. The lowest BCUT2D eigenvalue weighted by molar-refractivity contribution is -0.282. The highest BCUT2D eigenvalue weighted by atomic mass is 19.4. The van der Waals surface area contributed by atoms with Crippen LogP contribution in [0.4, 0.5) is 26.3 Å². The number of halogens is 6.